The minimum absolute atomic E-state index is 0.0778. The van der Waals surface area contributed by atoms with Crippen molar-refractivity contribution in [3.05, 3.63) is 18.2 Å². The van der Waals surface area contributed by atoms with Gasteiger partial charge in [0.05, 0.1) is 12.0 Å². The first-order chi connectivity index (χ1) is 7.59. The van der Waals surface area contributed by atoms with Gasteiger partial charge in [-0.2, -0.15) is 0 Å². The maximum atomic E-state index is 5.98. The predicted molar refractivity (Wildman–Crippen MR) is 66.0 cm³/mol. The van der Waals surface area contributed by atoms with Crippen LogP contribution in [0.2, 0.25) is 0 Å². The third kappa shape index (κ3) is 2.14. The number of imidazole rings is 1. The molecule has 1 heterocycles. The Morgan fingerprint density at radius 3 is 2.81 bits per heavy atom. The molecule has 0 spiro atoms. The molecule has 90 valence electrons. The van der Waals surface area contributed by atoms with E-state index in [0.717, 1.165) is 11.8 Å². The Morgan fingerprint density at radius 2 is 2.19 bits per heavy atom. The molecule has 2 N–H and O–H groups in total. The molecule has 4 atom stereocenters. The van der Waals surface area contributed by atoms with E-state index in [1.165, 1.54) is 25.0 Å². The second-order valence-corrected chi connectivity index (χ2v) is 5.48. The summed E-state index contributed by atoms with van der Waals surface area (Å²) in [6.07, 6.45) is 7.77. The van der Waals surface area contributed by atoms with E-state index in [1.807, 2.05) is 19.4 Å². The monoisotopic (exact) mass is 221 g/mol. The van der Waals surface area contributed by atoms with Gasteiger partial charge in [0.15, 0.2) is 0 Å². The smallest absolute Gasteiger partial charge is 0.0951 e. The number of hydrogen-bond donors (Lipinski definition) is 1. The summed E-state index contributed by atoms with van der Waals surface area (Å²) >= 11 is 0. The van der Waals surface area contributed by atoms with Gasteiger partial charge in [-0.05, 0) is 38.0 Å². The number of hydrogen-bond acceptors (Lipinski definition) is 2. The van der Waals surface area contributed by atoms with Crippen molar-refractivity contribution < 1.29 is 0 Å². The Morgan fingerprint density at radius 1 is 1.44 bits per heavy atom. The molecule has 1 aliphatic carbocycles. The Hall–Kier alpha value is -0.830. The van der Waals surface area contributed by atoms with Crippen molar-refractivity contribution in [1.82, 2.24) is 9.55 Å². The first kappa shape index (κ1) is 11.6. The van der Waals surface area contributed by atoms with Crippen LogP contribution in [0.25, 0.3) is 0 Å². The van der Waals surface area contributed by atoms with E-state index in [-0.39, 0.29) is 6.04 Å². The lowest BCUT2D eigenvalue weighted by Crippen LogP contribution is -2.26. The van der Waals surface area contributed by atoms with Gasteiger partial charge in [-0.3, -0.25) is 0 Å². The van der Waals surface area contributed by atoms with Crippen molar-refractivity contribution in [3.8, 4) is 0 Å². The first-order valence-electron chi connectivity index (χ1n) is 6.37. The van der Waals surface area contributed by atoms with Crippen LogP contribution >= 0.6 is 0 Å². The summed E-state index contributed by atoms with van der Waals surface area (Å²) < 4.78 is 2.31. The Bertz CT molecular complexity index is 343. The third-order valence-corrected chi connectivity index (χ3v) is 3.91. The van der Waals surface area contributed by atoms with Gasteiger partial charge in [-0.15, -0.1) is 0 Å². The normalized spacial score (nSPS) is 32.6. The lowest BCUT2D eigenvalue weighted by Gasteiger charge is -2.34. The Kier molecular flexibility index (Phi) is 3.33. The third-order valence-electron chi connectivity index (χ3n) is 3.91. The van der Waals surface area contributed by atoms with Crippen molar-refractivity contribution >= 4 is 0 Å². The number of rotatable bonds is 2. The van der Waals surface area contributed by atoms with Gasteiger partial charge >= 0.3 is 0 Å². The summed E-state index contributed by atoms with van der Waals surface area (Å²) in [5.41, 5.74) is 7.15. The maximum absolute atomic E-state index is 5.98. The fraction of sp³-hybridized carbons (Fsp3) is 0.769. The maximum Gasteiger partial charge on any atom is 0.0951 e. The topological polar surface area (TPSA) is 43.8 Å². The molecule has 4 unspecified atom stereocenters. The average Bonchev–Trinajstić information content (AvgIpc) is 2.66. The fourth-order valence-corrected chi connectivity index (χ4v) is 3.01. The zero-order valence-corrected chi connectivity index (χ0v) is 10.6. The molecule has 1 aromatic rings. The lowest BCUT2D eigenvalue weighted by molar-refractivity contribution is 0.203. The molecule has 1 aromatic heterocycles. The SMILES string of the molecule is CC1CCC(n2cncc2C(C)N)C(C)C1. The highest BCUT2D eigenvalue weighted by atomic mass is 15.1. The molecule has 0 aliphatic heterocycles. The van der Waals surface area contributed by atoms with Crippen LogP contribution in [-0.4, -0.2) is 9.55 Å². The van der Waals surface area contributed by atoms with Crippen molar-refractivity contribution in [1.29, 1.82) is 0 Å². The molecule has 2 rings (SSSR count). The zero-order valence-electron chi connectivity index (χ0n) is 10.6. The zero-order chi connectivity index (χ0) is 11.7. The number of nitrogens with zero attached hydrogens (tertiary/aromatic N) is 2. The molecule has 3 heteroatoms. The van der Waals surface area contributed by atoms with E-state index >= 15 is 0 Å². The van der Waals surface area contributed by atoms with E-state index in [0.29, 0.717) is 6.04 Å². The second kappa shape index (κ2) is 4.58. The average molecular weight is 221 g/mol. The summed E-state index contributed by atoms with van der Waals surface area (Å²) in [6, 6.07) is 0.675. The van der Waals surface area contributed by atoms with Crippen LogP contribution in [0.4, 0.5) is 0 Å². The molecule has 16 heavy (non-hydrogen) atoms. The summed E-state index contributed by atoms with van der Waals surface area (Å²) in [4.78, 5) is 4.26. The van der Waals surface area contributed by atoms with Crippen molar-refractivity contribution in [3.63, 3.8) is 0 Å². The van der Waals surface area contributed by atoms with Crippen LogP contribution in [0.3, 0.4) is 0 Å². The standard InChI is InChI=1S/C13H23N3/c1-9-4-5-12(10(2)6-9)16-8-15-7-13(16)11(3)14/h7-12H,4-6,14H2,1-3H3. The minimum Gasteiger partial charge on any atom is -0.330 e. The molecular formula is C13H23N3. The van der Waals surface area contributed by atoms with Gasteiger partial charge < -0.3 is 10.3 Å². The molecule has 3 nitrogen and oxygen atoms in total. The van der Waals surface area contributed by atoms with Crippen LogP contribution in [0.5, 0.6) is 0 Å². The van der Waals surface area contributed by atoms with E-state index in [2.05, 4.69) is 23.4 Å². The minimum atomic E-state index is 0.0778. The van der Waals surface area contributed by atoms with Crippen molar-refractivity contribution in [2.45, 2.75) is 52.1 Å². The van der Waals surface area contributed by atoms with Gasteiger partial charge in [0.1, 0.15) is 0 Å². The molecule has 1 saturated carbocycles. The summed E-state index contributed by atoms with van der Waals surface area (Å²) in [5.74, 6) is 1.60. The van der Waals surface area contributed by atoms with Crippen LogP contribution in [0.15, 0.2) is 12.5 Å². The first-order valence-corrected chi connectivity index (χ1v) is 6.37. The highest BCUT2D eigenvalue weighted by Gasteiger charge is 2.28. The van der Waals surface area contributed by atoms with Gasteiger partial charge in [-0.1, -0.05) is 13.8 Å². The molecule has 1 fully saturated rings. The summed E-state index contributed by atoms with van der Waals surface area (Å²) in [7, 11) is 0. The highest BCUT2D eigenvalue weighted by molar-refractivity contribution is 5.06. The van der Waals surface area contributed by atoms with Crippen LogP contribution in [-0.2, 0) is 0 Å². The summed E-state index contributed by atoms with van der Waals surface area (Å²) in [5, 5.41) is 0. The Balaban J connectivity index is 2.20. The van der Waals surface area contributed by atoms with Crippen LogP contribution in [0.1, 0.15) is 57.8 Å². The molecule has 0 aromatic carbocycles. The van der Waals surface area contributed by atoms with Crippen molar-refractivity contribution in [2.24, 2.45) is 17.6 Å². The van der Waals surface area contributed by atoms with E-state index in [1.54, 1.807) is 0 Å². The number of nitrogens with two attached hydrogens (primary N) is 1. The van der Waals surface area contributed by atoms with Gasteiger partial charge in [0.25, 0.3) is 0 Å². The lowest BCUT2D eigenvalue weighted by atomic mass is 9.79. The molecule has 0 amide bonds. The summed E-state index contributed by atoms with van der Waals surface area (Å²) in [6.45, 7) is 6.74. The largest absolute Gasteiger partial charge is 0.330 e. The second-order valence-electron chi connectivity index (χ2n) is 5.48. The van der Waals surface area contributed by atoms with Gasteiger partial charge in [0.2, 0.25) is 0 Å². The predicted octanol–water partition coefficient (Wildman–Crippen LogP) is 2.90. The number of aromatic nitrogens is 2. The van der Waals surface area contributed by atoms with E-state index in [4.69, 9.17) is 5.73 Å². The van der Waals surface area contributed by atoms with E-state index < -0.39 is 0 Å². The van der Waals surface area contributed by atoms with Gasteiger partial charge in [0, 0.05) is 18.3 Å². The molecule has 0 saturated heterocycles. The molecule has 0 radical (unpaired) electrons. The quantitative estimate of drug-likeness (QED) is 0.834. The molecular weight excluding hydrogens is 198 g/mol. The van der Waals surface area contributed by atoms with Crippen molar-refractivity contribution in [2.75, 3.05) is 0 Å². The molecule has 1 aliphatic rings. The van der Waals surface area contributed by atoms with Crippen LogP contribution in [0, 0.1) is 11.8 Å². The molecule has 0 bridgehead atoms. The highest BCUT2D eigenvalue weighted by Crippen LogP contribution is 2.37. The fourth-order valence-electron chi connectivity index (χ4n) is 3.01. The van der Waals surface area contributed by atoms with E-state index in [9.17, 15) is 0 Å². The van der Waals surface area contributed by atoms with Gasteiger partial charge in [-0.25, -0.2) is 4.98 Å². The van der Waals surface area contributed by atoms with Crippen LogP contribution < -0.4 is 5.73 Å². The Labute approximate surface area is 98.1 Å².